The summed E-state index contributed by atoms with van der Waals surface area (Å²) in [7, 11) is -3.43. The molecule has 4 N–H and O–H groups in total. The van der Waals surface area contributed by atoms with Gasteiger partial charge in [-0.05, 0) is 31.2 Å². The number of sulfone groups is 1. The van der Waals surface area contributed by atoms with Crippen molar-refractivity contribution in [3.05, 3.63) is 35.1 Å². The van der Waals surface area contributed by atoms with Gasteiger partial charge in [0, 0.05) is 11.1 Å². The molecule has 1 aromatic carbocycles. The molecule has 0 fully saturated rings. The maximum absolute atomic E-state index is 13.4. The first-order chi connectivity index (χ1) is 8.35. The van der Waals surface area contributed by atoms with Gasteiger partial charge >= 0.3 is 0 Å². The Balaban J connectivity index is 2.96. The Morgan fingerprint density at radius 3 is 2.56 bits per heavy atom. The normalized spacial score (nSPS) is 11.4. The molecule has 7 heteroatoms. The van der Waals surface area contributed by atoms with E-state index in [0.717, 1.165) is 12.1 Å². The number of hydrogen-bond acceptors (Lipinski definition) is 4. The smallest absolute Gasteiger partial charge is 0.248 e. The van der Waals surface area contributed by atoms with Crippen LogP contribution in [0, 0.1) is 5.82 Å². The van der Waals surface area contributed by atoms with E-state index in [-0.39, 0.29) is 23.4 Å². The summed E-state index contributed by atoms with van der Waals surface area (Å²) in [6.07, 6.45) is 0.319. The molecule has 0 saturated heterocycles. The van der Waals surface area contributed by atoms with Crippen molar-refractivity contribution in [3.63, 3.8) is 0 Å². The predicted octanol–water partition coefficient (Wildman–Crippen LogP) is 0.188. The second-order valence-corrected chi connectivity index (χ2v) is 6.09. The van der Waals surface area contributed by atoms with Crippen molar-refractivity contribution < 1.29 is 17.6 Å². The number of halogens is 1. The Bertz CT molecular complexity index is 543. The maximum Gasteiger partial charge on any atom is 0.248 e. The Labute approximate surface area is 105 Å². The molecule has 1 amide bonds. The van der Waals surface area contributed by atoms with Gasteiger partial charge in [-0.3, -0.25) is 4.79 Å². The zero-order valence-electron chi connectivity index (χ0n) is 9.73. The van der Waals surface area contributed by atoms with Gasteiger partial charge in [0.15, 0.2) is 9.84 Å². The quantitative estimate of drug-likeness (QED) is 0.772. The molecule has 0 aliphatic carbocycles. The van der Waals surface area contributed by atoms with E-state index in [1.807, 2.05) is 0 Å². The number of primary amides is 1. The topological polar surface area (TPSA) is 103 Å². The van der Waals surface area contributed by atoms with Crippen molar-refractivity contribution in [2.75, 3.05) is 12.3 Å². The second kappa shape index (κ2) is 5.92. The number of carbonyl (C=O) groups excluding carboxylic acids is 1. The minimum absolute atomic E-state index is 0.0525. The molecule has 0 spiro atoms. The van der Waals surface area contributed by atoms with Crippen LogP contribution < -0.4 is 11.5 Å². The molecule has 1 aromatic rings. The van der Waals surface area contributed by atoms with E-state index >= 15 is 0 Å². The van der Waals surface area contributed by atoms with E-state index in [4.69, 9.17) is 11.5 Å². The number of nitrogens with two attached hydrogens (primary N) is 2. The number of rotatable bonds is 6. The summed E-state index contributed by atoms with van der Waals surface area (Å²) in [5, 5.41) is 0. The average molecular weight is 274 g/mol. The number of hydrogen-bond donors (Lipinski definition) is 2. The number of carbonyl (C=O) groups is 1. The molecular weight excluding hydrogens is 259 g/mol. The lowest BCUT2D eigenvalue weighted by molar-refractivity contribution is 0.1000. The lowest BCUT2D eigenvalue weighted by Gasteiger charge is -2.06. The summed E-state index contributed by atoms with van der Waals surface area (Å²) < 4.78 is 36.8. The van der Waals surface area contributed by atoms with Crippen LogP contribution in [0.2, 0.25) is 0 Å². The van der Waals surface area contributed by atoms with E-state index in [0.29, 0.717) is 6.42 Å². The Hall–Kier alpha value is -1.47. The first kappa shape index (κ1) is 14.6. The third-order valence-corrected chi connectivity index (χ3v) is 4.03. The van der Waals surface area contributed by atoms with Gasteiger partial charge < -0.3 is 11.5 Å². The van der Waals surface area contributed by atoms with Gasteiger partial charge in [0.1, 0.15) is 5.82 Å². The van der Waals surface area contributed by atoms with Crippen molar-refractivity contribution in [3.8, 4) is 0 Å². The highest BCUT2D eigenvalue weighted by molar-refractivity contribution is 7.90. The molecular formula is C11H15FN2O3S. The fourth-order valence-corrected chi connectivity index (χ4v) is 2.90. The van der Waals surface area contributed by atoms with E-state index < -0.39 is 27.3 Å². The van der Waals surface area contributed by atoms with Crippen LogP contribution in [0.1, 0.15) is 22.3 Å². The highest BCUT2D eigenvalue weighted by Crippen LogP contribution is 2.14. The molecule has 1 rings (SSSR count). The Morgan fingerprint density at radius 2 is 2.00 bits per heavy atom. The summed E-state index contributed by atoms with van der Waals surface area (Å²) in [6, 6.07) is 3.42. The van der Waals surface area contributed by atoms with Crippen LogP contribution in [0.25, 0.3) is 0 Å². The molecule has 0 atom stereocenters. The van der Waals surface area contributed by atoms with Gasteiger partial charge in [-0.1, -0.05) is 0 Å². The van der Waals surface area contributed by atoms with Gasteiger partial charge in [0.25, 0.3) is 0 Å². The van der Waals surface area contributed by atoms with Gasteiger partial charge in [0.05, 0.1) is 11.5 Å². The summed E-state index contributed by atoms with van der Waals surface area (Å²) >= 11 is 0. The van der Waals surface area contributed by atoms with Gasteiger partial charge in [-0.25, -0.2) is 12.8 Å². The third kappa shape index (κ3) is 4.08. The monoisotopic (exact) mass is 274 g/mol. The average Bonchev–Trinajstić information content (AvgIpc) is 2.29. The second-order valence-electron chi connectivity index (χ2n) is 3.90. The largest absolute Gasteiger partial charge is 0.366 e. The first-order valence-electron chi connectivity index (χ1n) is 5.34. The highest BCUT2D eigenvalue weighted by Gasteiger charge is 2.16. The van der Waals surface area contributed by atoms with Crippen LogP contribution in [0.5, 0.6) is 0 Å². The van der Waals surface area contributed by atoms with Gasteiger partial charge in [-0.15, -0.1) is 0 Å². The molecule has 0 bridgehead atoms. The Morgan fingerprint density at radius 1 is 1.33 bits per heavy atom. The van der Waals surface area contributed by atoms with Crippen LogP contribution in [0.15, 0.2) is 18.2 Å². The van der Waals surface area contributed by atoms with Crippen LogP contribution >= 0.6 is 0 Å². The van der Waals surface area contributed by atoms with Crippen LogP contribution in [-0.4, -0.2) is 26.6 Å². The SMILES string of the molecule is NCCCS(=O)(=O)Cc1cc(C(N)=O)ccc1F. The molecule has 0 unspecified atom stereocenters. The number of amides is 1. The molecule has 5 nitrogen and oxygen atoms in total. The predicted molar refractivity (Wildman–Crippen MR) is 66.1 cm³/mol. The minimum atomic E-state index is -3.43. The maximum atomic E-state index is 13.4. The van der Waals surface area contributed by atoms with Gasteiger partial charge in [0.2, 0.25) is 5.91 Å². The van der Waals surface area contributed by atoms with Crippen molar-refractivity contribution in [2.24, 2.45) is 11.5 Å². The van der Waals surface area contributed by atoms with Crippen LogP contribution in [0.3, 0.4) is 0 Å². The standard InChI is InChI=1S/C11H15FN2O3S/c12-10-3-2-8(11(14)15)6-9(10)7-18(16,17)5-1-4-13/h2-3,6H,1,4-5,7,13H2,(H2,14,15). The summed E-state index contributed by atoms with van der Waals surface area (Å²) in [6.45, 7) is 0.253. The van der Waals surface area contributed by atoms with Crippen molar-refractivity contribution in [1.29, 1.82) is 0 Å². The van der Waals surface area contributed by atoms with Gasteiger partial charge in [-0.2, -0.15) is 0 Å². The molecule has 0 heterocycles. The number of benzene rings is 1. The third-order valence-electron chi connectivity index (χ3n) is 2.37. The highest BCUT2D eigenvalue weighted by atomic mass is 32.2. The lowest BCUT2D eigenvalue weighted by Crippen LogP contribution is -2.15. The van der Waals surface area contributed by atoms with Crippen LogP contribution in [0.4, 0.5) is 4.39 Å². The van der Waals surface area contributed by atoms with E-state index in [2.05, 4.69) is 0 Å². The van der Waals surface area contributed by atoms with Crippen LogP contribution in [-0.2, 0) is 15.6 Å². The summed E-state index contributed by atoms with van der Waals surface area (Å²) in [4.78, 5) is 10.9. The Kier molecular flexibility index (Phi) is 4.80. The zero-order valence-corrected chi connectivity index (χ0v) is 10.5. The molecule has 0 aliphatic rings. The lowest BCUT2D eigenvalue weighted by atomic mass is 10.1. The van der Waals surface area contributed by atoms with E-state index in [1.54, 1.807) is 0 Å². The van der Waals surface area contributed by atoms with E-state index in [1.165, 1.54) is 6.07 Å². The van der Waals surface area contributed by atoms with Crippen molar-refractivity contribution >= 4 is 15.7 Å². The minimum Gasteiger partial charge on any atom is -0.366 e. The molecule has 18 heavy (non-hydrogen) atoms. The van der Waals surface area contributed by atoms with E-state index in [9.17, 15) is 17.6 Å². The zero-order chi connectivity index (χ0) is 13.8. The molecule has 0 radical (unpaired) electrons. The van der Waals surface area contributed by atoms with Crippen molar-refractivity contribution in [1.82, 2.24) is 0 Å². The molecule has 100 valence electrons. The molecule has 0 aliphatic heterocycles. The van der Waals surface area contributed by atoms with Crippen molar-refractivity contribution in [2.45, 2.75) is 12.2 Å². The summed E-state index contributed by atoms with van der Waals surface area (Å²) in [5.74, 6) is -1.96. The first-order valence-corrected chi connectivity index (χ1v) is 7.16. The fraction of sp³-hybridized carbons (Fsp3) is 0.364. The fourth-order valence-electron chi connectivity index (χ4n) is 1.45. The molecule has 0 aromatic heterocycles. The molecule has 0 saturated carbocycles. The summed E-state index contributed by atoms with van der Waals surface area (Å²) in [5.41, 5.74) is 10.3.